The molecular formula is C20H22FNO4. The highest BCUT2D eigenvalue weighted by Crippen LogP contribution is 2.42. The Hall–Kier alpha value is -2.18. The van der Waals surface area contributed by atoms with Crippen molar-refractivity contribution in [2.24, 2.45) is 0 Å². The van der Waals surface area contributed by atoms with Gasteiger partial charge in [-0.1, -0.05) is 12.1 Å². The molecule has 1 aromatic heterocycles. The van der Waals surface area contributed by atoms with Crippen molar-refractivity contribution >= 4 is 5.91 Å². The summed E-state index contributed by atoms with van der Waals surface area (Å²) in [5, 5.41) is 10.6. The van der Waals surface area contributed by atoms with E-state index >= 15 is 0 Å². The topological polar surface area (TPSA) is 62.9 Å². The Balaban J connectivity index is 1.39. The van der Waals surface area contributed by atoms with Crippen LogP contribution in [0.5, 0.6) is 0 Å². The summed E-state index contributed by atoms with van der Waals surface area (Å²) in [5.74, 6) is 0.509. The van der Waals surface area contributed by atoms with E-state index in [1.807, 2.05) is 12.1 Å². The monoisotopic (exact) mass is 359 g/mol. The van der Waals surface area contributed by atoms with Gasteiger partial charge in [0.2, 0.25) is 5.91 Å². The quantitative estimate of drug-likeness (QED) is 0.911. The fraction of sp³-hybridized carbons (Fsp3) is 0.450. The van der Waals surface area contributed by atoms with Gasteiger partial charge in [-0.2, -0.15) is 0 Å². The maximum atomic E-state index is 13.5. The largest absolute Gasteiger partial charge is 0.469 e. The van der Waals surface area contributed by atoms with Gasteiger partial charge >= 0.3 is 0 Å². The third kappa shape index (κ3) is 3.27. The number of β-amino-alcohol motifs (C(OH)–C–C–N with tert-alkyl or cyclic N) is 1. The molecule has 2 saturated heterocycles. The van der Waals surface area contributed by atoms with Gasteiger partial charge in [0.1, 0.15) is 23.3 Å². The summed E-state index contributed by atoms with van der Waals surface area (Å²) in [6, 6.07) is 10.1. The smallest absolute Gasteiger partial charge is 0.223 e. The SMILES string of the molecule is O=C(CCc1ccco1)N1C[C@@H](O)[C@@]2(C[C@H](c3cccc(F)c3)CO2)C1. The van der Waals surface area contributed by atoms with Crippen molar-refractivity contribution in [1.29, 1.82) is 0 Å². The number of nitrogens with zero attached hydrogens (tertiary/aromatic N) is 1. The zero-order valence-corrected chi connectivity index (χ0v) is 14.4. The molecule has 138 valence electrons. The number of rotatable bonds is 4. The van der Waals surface area contributed by atoms with Crippen LogP contribution < -0.4 is 0 Å². The molecule has 4 rings (SSSR count). The Morgan fingerprint density at radius 1 is 1.35 bits per heavy atom. The van der Waals surface area contributed by atoms with Gasteiger partial charge in [0, 0.05) is 25.3 Å². The molecule has 1 aromatic carbocycles. The van der Waals surface area contributed by atoms with Gasteiger partial charge in [-0.25, -0.2) is 4.39 Å². The van der Waals surface area contributed by atoms with Gasteiger partial charge in [-0.15, -0.1) is 0 Å². The van der Waals surface area contributed by atoms with E-state index in [-0.39, 0.29) is 24.2 Å². The third-order valence-corrected chi connectivity index (χ3v) is 5.46. The number of aliphatic hydroxyl groups excluding tert-OH is 1. The molecule has 2 fully saturated rings. The number of hydrogen-bond donors (Lipinski definition) is 1. The number of hydrogen-bond acceptors (Lipinski definition) is 4. The Bertz CT molecular complexity index is 778. The fourth-order valence-corrected chi connectivity index (χ4v) is 4.02. The Kier molecular flexibility index (Phi) is 4.54. The summed E-state index contributed by atoms with van der Waals surface area (Å²) >= 11 is 0. The molecule has 3 atom stereocenters. The van der Waals surface area contributed by atoms with Crippen molar-refractivity contribution < 1.29 is 23.4 Å². The van der Waals surface area contributed by atoms with Gasteiger partial charge in [-0.05, 0) is 36.2 Å². The number of likely N-dealkylation sites (tertiary alicyclic amines) is 1. The second-order valence-electron chi connectivity index (χ2n) is 7.20. The van der Waals surface area contributed by atoms with Crippen molar-refractivity contribution in [2.75, 3.05) is 19.7 Å². The van der Waals surface area contributed by atoms with Crippen LogP contribution in [0, 0.1) is 5.82 Å². The second kappa shape index (κ2) is 6.85. The first kappa shape index (κ1) is 17.2. The molecule has 0 saturated carbocycles. The number of aryl methyl sites for hydroxylation is 1. The molecule has 2 aliphatic heterocycles. The molecule has 2 aromatic rings. The number of ether oxygens (including phenoxy) is 1. The summed E-state index contributed by atoms with van der Waals surface area (Å²) in [6.07, 6.45) is 2.32. The normalized spacial score (nSPS) is 28.2. The molecule has 6 heteroatoms. The van der Waals surface area contributed by atoms with Crippen molar-refractivity contribution in [3.8, 4) is 0 Å². The predicted octanol–water partition coefficient (Wildman–Crippen LogP) is 2.50. The minimum Gasteiger partial charge on any atom is -0.469 e. The zero-order chi connectivity index (χ0) is 18.1. The third-order valence-electron chi connectivity index (χ3n) is 5.46. The van der Waals surface area contributed by atoms with Crippen LogP contribution in [0.4, 0.5) is 4.39 Å². The van der Waals surface area contributed by atoms with Gasteiger partial charge in [-0.3, -0.25) is 4.79 Å². The summed E-state index contributed by atoms with van der Waals surface area (Å²) in [7, 11) is 0. The van der Waals surface area contributed by atoms with Gasteiger partial charge < -0.3 is 19.2 Å². The van der Waals surface area contributed by atoms with Crippen LogP contribution in [0.1, 0.15) is 30.1 Å². The highest BCUT2D eigenvalue weighted by Gasteiger charge is 2.53. The molecular weight excluding hydrogens is 337 g/mol. The first-order valence-electron chi connectivity index (χ1n) is 8.93. The van der Waals surface area contributed by atoms with Crippen molar-refractivity contribution in [2.45, 2.75) is 36.9 Å². The molecule has 26 heavy (non-hydrogen) atoms. The minimum atomic E-state index is -0.753. The maximum Gasteiger partial charge on any atom is 0.223 e. The minimum absolute atomic E-state index is 0.0184. The molecule has 1 N–H and O–H groups in total. The Morgan fingerprint density at radius 2 is 2.23 bits per heavy atom. The number of carbonyl (C=O) groups is 1. The lowest BCUT2D eigenvalue weighted by molar-refractivity contribution is -0.131. The average Bonchev–Trinajstić information content (AvgIpc) is 3.35. The van der Waals surface area contributed by atoms with Crippen LogP contribution in [0.25, 0.3) is 0 Å². The molecule has 0 radical (unpaired) electrons. The van der Waals surface area contributed by atoms with Crippen LogP contribution >= 0.6 is 0 Å². The van der Waals surface area contributed by atoms with E-state index in [4.69, 9.17) is 9.15 Å². The van der Waals surface area contributed by atoms with Crippen LogP contribution in [-0.4, -0.2) is 47.3 Å². The number of amides is 1. The summed E-state index contributed by atoms with van der Waals surface area (Å²) in [5.41, 5.74) is 0.119. The van der Waals surface area contributed by atoms with Crippen molar-refractivity contribution in [1.82, 2.24) is 4.90 Å². The average molecular weight is 359 g/mol. The molecule has 0 bridgehead atoms. The molecule has 0 aliphatic carbocycles. The summed E-state index contributed by atoms with van der Waals surface area (Å²) in [6.45, 7) is 1.07. The van der Waals surface area contributed by atoms with E-state index in [1.165, 1.54) is 12.1 Å². The maximum absolute atomic E-state index is 13.5. The van der Waals surface area contributed by atoms with Crippen LogP contribution in [0.2, 0.25) is 0 Å². The fourth-order valence-electron chi connectivity index (χ4n) is 4.02. The standard InChI is InChI=1S/C20H22FNO4/c21-16-4-1-3-14(9-16)15-10-20(26-12-15)13-22(11-18(20)23)19(24)7-6-17-5-2-8-25-17/h1-5,8-9,15,18,23H,6-7,10-13H2/t15-,18+,20+/m0/s1. The summed E-state index contributed by atoms with van der Waals surface area (Å²) < 4.78 is 24.7. The van der Waals surface area contributed by atoms with Crippen LogP contribution in [-0.2, 0) is 16.0 Å². The van der Waals surface area contributed by atoms with E-state index in [0.29, 0.717) is 32.4 Å². The summed E-state index contributed by atoms with van der Waals surface area (Å²) in [4.78, 5) is 14.2. The molecule has 1 spiro atoms. The van der Waals surface area contributed by atoms with Crippen LogP contribution in [0.15, 0.2) is 47.1 Å². The molecule has 0 unspecified atom stereocenters. The number of aliphatic hydroxyl groups is 1. The number of halogens is 1. The molecule has 1 amide bonds. The van der Waals surface area contributed by atoms with E-state index in [2.05, 4.69) is 0 Å². The molecule has 2 aliphatic rings. The molecule has 3 heterocycles. The first-order valence-corrected chi connectivity index (χ1v) is 8.93. The first-order chi connectivity index (χ1) is 12.6. The Morgan fingerprint density at radius 3 is 3.00 bits per heavy atom. The van der Waals surface area contributed by atoms with Gasteiger partial charge in [0.05, 0.1) is 19.4 Å². The van der Waals surface area contributed by atoms with E-state index in [1.54, 1.807) is 23.3 Å². The van der Waals surface area contributed by atoms with Gasteiger partial charge in [0.15, 0.2) is 0 Å². The predicted molar refractivity (Wildman–Crippen MR) is 92.1 cm³/mol. The number of carbonyl (C=O) groups excluding carboxylic acids is 1. The van der Waals surface area contributed by atoms with Crippen molar-refractivity contribution in [3.63, 3.8) is 0 Å². The van der Waals surface area contributed by atoms with Gasteiger partial charge in [0.25, 0.3) is 0 Å². The highest BCUT2D eigenvalue weighted by molar-refractivity contribution is 5.77. The number of benzene rings is 1. The molecule has 5 nitrogen and oxygen atoms in total. The Labute approximate surface area is 151 Å². The lowest BCUT2D eigenvalue weighted by Gasteiger charge is -2.26. The van der Waals surface area contributed by atoms with E-state index in [9.17, 15) is 14.3 Å². The lowest BCUT2D eigenvalue weighted by Crippen LogP contribution is -2.41. The van der Waals surface area contributed by atoms with E-state index in [0.717, 1.165) is 11.3 Å². The van der Waals surface area contributed by atoms with Crippen molar-refractivity contribution in [3.05, 3.63) is 59.8 Å². The van der Waals surface area contributed by atoms with Crippen LogP contribution in [0.3, 0.4) is 0 Å². The number of furan rings is 1. The highest BCUT2D eigenvalue weighted by atomic mass is 19.1. The van der Waals surface area contributed by atoms with E-state index < -0.39 is 11.7 Å². The second-order valence-corrected chi connectivity index (χ2v) is 7.20. The lowest BCUT2D eigenvalue weighted by atomic mass is 9.87. The zero-order valence-electron chi connectivity index (χ0n) is 14.4.